The van der Waals surface area contributed by atoms with Gasteiger partial charge >= 0.3 is 17.9 Å². The molecule has 0 aromatic heterocycles. The molecule has 0 radical (unpaired) electrons. The standard InChI is InChI=1S/C7H10O3.C7H10O2.C6H8O2/c1-3-4-10-7(9)6(2)5-8;1-4-5-9-7(8)6(2)3;1-3-5-8-6(7)4-2/h3,8H,1-2,4-5H2;4H,1-2,5H2,3H3;3-4H,1-2,5H2. The summed E-state index contributed by atoms with van der Waals surface area (Å²) in [5.74, 6) is -1.36. The average Bonchev–Trinajstić information content (AvgIpc) is 2.68. The van der Waals surface area contributed by atoms with E-state index in [-0.39, 0.29) is 38.0 Å². The normalized spacial score (nSPS) is 8.07. The van der Waals surface area contributed by atoms with Crippen LogP contribution in [0, 0.1) is 0 Å². The van der Waals surface area contributed by atoms with Crippen LogP contribution in [0.4, 0.5) is 0 Å². The van der Waals surface area contributed by atoms with Gasteiger partial charge in [-0.05, 0) is 6.92 Å². The molecule has 0 saturated carbocycles. The first-order chi connectivity index (χ1) is 12.7. The van der Waals surface area contributed by atoms with Crippen molar-refractivity contribution in [2.75, 3.05) is 26.4 Å². The number of hydrogen-bond acceptors (Lipinski definition) is 7. The summed E-state index contributed by atoms with van der Waals surface area (Å²) in [5, 5.41) is 8.38. The molecule has 0 aliphatic rings. The van der Waals surface area contributed by atoms with Gasteiger partial charge in [0.1, 0.15) is 19.8 Å². The van der Waals surface area contributed by atoms with Gasteiger partial charge in [0.25, 0.3) is 0 Å². The highest BCUT2D eigenvalue weighted by Crippen LogP contribution is 1.92. The number of esters is 3. The minimum atomic E-state index is -0.581. The molecule has 7 heteroatoms. The maximum absolute atomic E-state index is 10.6. The first-order valence-electron chi connectivity index (χ1n) is 7.61. The maximum atomic E-state index is 10.6. The fraction of sp³-hybridized carbons (Fsp3) is 0.250. The zero-order valence-corrected chi connectivity index (χ0v) is 15.8. The lowest BCUT2D eigenvalue weighted by Crippen LogP contribution is -2.09. The molecule has 27 heavy (non-hydrogen) atoms. The number of aliphatic hydroxyl groups is 1. The lowest BCUT2D eigenvalue weighted by Gasteiger charge is -2.00. The second-order valence-corrected chi connectivity index (χ2v) is 4.44. The summed E-state index contributed by atoms with van der Waals surface area (Å²) in [5.41, 5.74) is 0.471. The molecule has 0 heterocycles. The van der Waals surface area contributed by atoms with Crippen LogP contribution < -0.4 is 0 Å². The third-order valence-electron chi connectivity index (χ3n) is 2.00. The summed E-state index contributed by atoms with van der Waals surface area (Å²) in [6, 6.07) is 0. The highest BCUT2D eigenvalue weighted by molar-refractivity contribution is 5.88. The highest BCUT2D eigenvalue weighted by atomic mass is 16.5. The van der Waals surface area contributed by atoms with Crippen molar-refractivity contribution in [2.24, 2.45) is 0 Å². The van der Waals surface area contributed by atoms with E-state index in [0.717, 1.165) is 6.08 Å². The van der Waals surface area contributed by atoms with Crippen molar-refractivity contribution in [1.29, 1.82) is 0 Å². The number of rotatable bonds is 10. The Morgan fingerprint density at radius 3 is 1.56 bits per heavy atom. The zero-order chi connectivity index (χ0) is 21.7. The van der Waals surface area contributed by atoms with E-state index < -0.39 is 11.9 Å². The fourth-order valence-electron chi connectivity index (χ4n) is 0.759. The van der Waals surface area contributed by atoms with Gasteiger partial charge in [0.2, 0.25) is 0 Å². The van der Waals surface area contributed by atoms with Gasteiger partial charge in [0.05, 0.1) is 12.2 Å². The van der Waals surface area contributed by atoms with Crippen LogP contribution in [0.1, 0.15) is 6.92 Å². The van der Waals surface area contributed by atoms with Crippen LogP contribution in [0.3, 0.4) is 0 Å². The van der Waals surface area contributed by atoms with Crippen LogP contribution in [-0.2, 0) is 28.6 Å². The molecule has 0 unspecified atom stereocenters. The van der Waals surface area contributed by atoms with Gasteiger partial charge in [-0.2, -0.15) is 0 Å². The van der Waals surface area contributed by atoms with Gasteiger partial charge < -0.3 is 19.3 Å². The van der Waals surface area contributed by atoms with Crippen LogP contribution in [-0.4, -0.2) is 49.4 Å². The molecule has 0 spiro atoms. The van der Waals surface area contributed by atoms with Crippen molar-refractivity contribution in [3.63, 3.8) is 0 Å². The Hall–Kier alpha value is -3.19. The Kier molecular flexibility index (Phi) is 22.1. The van der Waals surface area contributed by atoms with E-state index in [1.807, 2.05) is 0 Å². The first-order valence-corrected chi connectivity index (χ1v) is 7.61. The molecular formula is C20H28O7. The largest absolute Gasteiger partial charge is 0.458 e. The van der Waals surface area contributed by atoms with E-state index in [2.05, 4.69) is 53.7 Å². The minimum absolute atomic E-state index is 0.0573. The second kappa shape index (κ2) is 20.9. The molecule has 0 atom stereocenters. The first kappa shape index (κ1) is 28.6. The Bertz CT molecular complexity index is 545. The zero-order valence-electron chi connectivity index (χ0n) is 15.8. The monoisotopic (exact) mass is 380 g/mol. The maximum Gasteiger partial charge on any atom is 0.336 e. The van der Waals surface area contributed by atoms with Crippen molar-refractivity contribution < 1.29 is 33.7 Å². The molecule has 0 saturated heterocycles. The summed E-state index contributed by atoms with van der Waals surface area (Å²) in [4.78, 5) is 31.3. The van der Waals surface area contributed by atoms with Crippen molar-refractivity contribution >= 4 is 17.9 Å². The molecule has 7 nitrogen and oxygen atoms in total. The van der Waals surface area contributed by atoms with E-state index in [1.54, 1.807) is 6.92 Å². The third kappa shape index (κ3) is 22.8. The Balaban J connectivity index is -0.000000322. The van der Waals surface area contributed by atoms with Crippen molar-refractivity contribution in [3.05, 3.63) is 74.9 Å². The minimum Gasteiger partial charge on any atom is -0.458 e. The van der Waals surface area contributed by atoms with E-state index in [1.165, 1.54) is 18.2 Å². The van der Waals surface area contributed by atoms with Gasteiger partial charge in [0, 0.05) is 11.6 Å². The van der Waals surface area contributed by atoms with Crippen LogP contribution in [0.2, 0.25) is 0 Å². The van der Waals surface area contributed by atoms with Crippen LogP contribution in [0.25, 0.3) is 0 Å². The lowest BCUT2D eigenvalue weighted by molar-refractivity contribution is -0.138. The molecule has 0 amide bonds. The van der Waals surface area contributed by atoms with E-state index in [0.29, 0.717) is 5.57 Å². The molecule has 0 rings (SSSR count). The molecule has 0 bridgehead atoms. The predicted molar refractivity (Wildman–Crippen MR) is 105 cm³/mol. The summed E-state index contributed by atoms with van der Waals surface area (Å²) in [6.45, 7) is 21.9. The van der Waals surface area contributed by atoms with Gasteiger partial charge in [0.15, 0.2) is 0 Å². The number of hydrogen-bond donors (Lipinski definition) is 1. The number of aliphatic hydroxyl groups excluding tert-OH is 1. The summed E-state index contributed by atoms with van der Waals surface area (Å²) < 4.78 is 13.6. The van der Waals surface area contributed by atoms with Crippen molar-refractivity contribution in [3.8, 4) is 0 Å². The Morgan fingerprint density at radius 2 is 1.22 bits per heavy atom. The Morgan fingerprint density at radius 1 is 0.815 bits per heavy atom. The molecule has 1 N–H and O–H groups in total. The number of carbonyl (C=O) groups excluding carboxylic acids is 3. The molecular weight excluding hydrogens is 352 g/mol. The quantitative estimate of drug-likeness (QED) is 0.269. The predicted octanol–water partition coefficient (Wildman–Crippen LogP) is 2.46. The topological polar surface area (TPSA) is 99.1 Å². The Labute approximate surface area is 160 Å². The van der Waals surface area contributed by atoms with Crippen LogP contribution in [0.5, 0.6) is 0 Å². The van der Waals surface area contributed by atoms with Crippen LogP contribution in [0.15, 0.2) is 74.9 Å². The second-order valence-electron chi connectivity index (χ2n) is 4.44. The van der Waals surface area contributed by atoms with Crippen molar-refractivity contribution in [1.82, 2.24) is 0 Å². The van der Waals surface area contributed by atoms with E-state index >= 15 is 0 Å². The van der Waals surface area contributed by atoms with Gasteiger partial charge in [-0.1, -0.05) is 57.7 Å². The third-order valence-corrected chi connectivity index (χ3v) is 2.00. The van der Waals surface area contributed by atoms with E-state index in [9.17, 15) is 14.4 Å². The van der Waals surface area contributed by atoms with Crippen molar-refractivity contribution in [2.45, 2.75) is 6.92 Å². The summed E-state index contributed by atoms with van der Waals surface area (Å²) in [7, 11) is 0. The molecule has 0 aromatic carbocycles. The van der Waals surface area contributed by atoms with Gasteiger partial charge in [-0.3, -0.25) is 0 Å². The fourth-order valence-corrected chi connectivity index (χ4v) is 0.759. The smallest absolute Gasteiger partial charge is 0.336 e. The molecule has 0 aliphatic heterocycles. The molecule has 0 fully saturated rings. The number of carbonyl (C=O) groups is 3. The number of ether oxygens (including phenoxy) is 3. The average molecular weight is 380 g/mol. The molecule has 0 aromatic rings. The summed E-state index contributed by atoms with van der Waals surface area (Å²) >= 11 is 0. The van der Waals surface area contributed by atoms with Gasteiger partial charge in [-0.15, -0.1) is 0 Å². The van der Waals surface area contributed by atoms with Crippen LogP contribution >= 0.6 is 0 Å². The van der Waals surface area contributed by atoms with E-state index in [4.69, 9.17) is 5.11 Å². The molecule has 150 valence electrons. The SMILES string of the molecule is C=CCOC(=O)C(=C)C.C=CCOC(=O)C(=C)CO.C=CCOC(=O)C=C. The molecule has 0 aliphatic carbocycles. The van der Waals surface area contributed by atoms with Gasteiger partial charge in [-0.25, -0.2) is 14.4 Å². The lowest BCUT2D eigenvalue weighted by atomic mass is 10.3. The highest BCUT2D eigenvalue weighted by Gasteiger charge is 2.04. The summed E-state index contributed by atoms with van der Waals surface area (Å²) in [6.07, 6.45) is 5.58.